The summed E-state index contributed by atoms with van der Waals surface area (Å²) in [5.41, 5.74) is 5.71. The fourth-order valence-corrected chi connectivity index (χ4v) is 6.74. The molecule has 0 bridgehead atoms. The lowest BCUT2D eigenvalue weighted by Crippen LogP contribution is -2.53. The number of nitrogens with one attached hydrogen (secondary N) is 1. The van der Waals surface area contributed by atoms with E-state index in [1.807, 2.05) is 101 Å². The number of anilines is 1. The van der Waals surface area contributed by atoms with E-state index in [4.69, 9.17) is 0 Å². The average molecular weight is 626 g/mol. The van der Waals surface area contributed by atoms with Gasteiger partial charge in [-0.25, -0.2) is 8.42 Å². The van der Waals surface area contributed by atoms with Crippen LogP contribution in [0.2, 0.25) is 0 Å². The van der Waals surface area contributed by atoms with Crippen molar-refractivity contribution < 1.29 is 18.0 Å². The summed E-state index contributed by atoms with van der Waals surface area (Å²) in [7, 11) is -4.15. The van der Waals surface area contributed by atoms with E-state index in [9.17, 15) is 18.0 Å². The molecule has 0 aliphatic carbocycles. The average Bonchev–Trinajstić information content (AvgIpc) is 3.02. The van der Waals surface area contributed by atoms with E-state index in [1.165, 1.54) is 9.21 Å². The van der Waals surface area contributed by atoms with Crippen LogP contribution in [0, 0.1) is 27.7 Å². The quantitative estimate of drug-likeness (QED) is 0.190. The van der Waals surface area contributed by atoms with E-state index in [1.54, 1.807) is 30.3 Å². The highest BCUT2D eigenvalue weighted by Crippen LogP contribution is 2.29. The molecule has 0 aliphatic rings. The van der Waals surface area contributed by atoms with E-state index < -0.39 is 28.5 Å². The maximum atomic E-state index is 14.6. The maximum absolute atomic E-state index is 14.6. The van der Waals surface area contributed by atoms with Gasteiger partial charge in [-0.15, -0.1) is 0 Å². The molecule has 1 N–H and O–H groups in total. The Bertz CT molecular complexity index is 1720. The molecule has 7 nitrogen and oxygen atoms in total. The van der Waals surface area contributed by atoms with Gasteiger partial charge in [0.25, 0.3) is 10.0 Å². The van der Waals surface area contributed by atoms with E-state index in [-0.39, 0.29) is 23.8 Å². The van der Waals surface area contributed by atoms with Crippen molar-refractivity contribution >= 4 is 27.5 Å². The molecule has 45 heavy (non-hydrogen) atoms. The Labute approximate surface area is 268 Å². The highest BCUT2D eigenvalue weighted by molar-refractivity contribution is 7.92. The highest BCUT2D eigenvalue weighted by Gasteiger charge is 2.35. The van der Waals surface area contributed by atoms with Gasteiger partial charge in [-0.05, 0) is 74.6 Å². The van der Waals surface area contributed by atoms with E-state index >= 15 is 0 Å². The molecule has 0 fully saturated rings. The summed E-state index contributed by atoms with van der Waals surface area (Å²) < 4.78 is 29.8. The molecule has 236 valence electrons. The van der Waals surface area contributed by atoms with E-state index in [0.29, 0.717) is 12.2 Å². The largest absolute Gasteiger partial charge is 0.354 e. The number of carbonyl (C=O) groups is 2. The zero-order chi connectivity index (χ0) is 32.6. The van der Waals surface area contributed by atoms with Gasteiger partial charge in [0.2, 0.25) is 11.8 Å². The van der Waals surface area contributed by atoms with Crippen molar-refractivity contribution in [2.24, 2.45) is 0 Å². The first-order valence-corrected chi connectivity index (χ1v) is 16.8. The van der Waals surface area contributed by atoms with Gasteiger partial charge in [0, 0.05) is 19.5 Å². The lowest BCUT2D eigenvalue weighted by molar-refractivity contribution is -0.140. The summed E-state index contributed by atoms with van der Waals surface area (Å²) in [6, 6.07) is 28.7. The Hall–Kier alpha value is -4.43. The number of aryl methyl sites for hydroxylation is 4. The molecular formula is C37H43N3O4S. The molecule has 4 aromatic carbocycles. The van der Waals surface area contributed by atoms with E-state index in [2.05, 4.69) is 5.32 Å². The second-order valence-electron chi connectivity index (χ2n) is 11.6. The van der Waals surface area contributed by atoms with Crippen LogP contribution in [0.15, 0.2) is 102 Å². The third-order valence-corrected chi connectivity index (χ3v) is 9.55. The molecule has 1 atom stereocenters. The number of amides is 2. The minimum absolute atomic E-state index is 0.0913. The molecule has 0 unspecified atom stereocenters. The number of sulfonamides is 1. The Balaban J connectivity index is 1.83. The number of hydrogen-bond acceptors (Lipinski definition) is 4. The Morgan fingerprint density at radius 2 is 1.40 bits per heavy atom. The number of nitrogens with zero attached hydrogens (tertiary/aromatic N) is 2. The van der Waals surface area contributed by atoms with Crippen molar-refractivity contribution in [1.29, 1.82) is 0 Å². The van der Waals surface area contributed by atoms with Gasteiger partial charge in [0.15, 0.2) is 0 Å². The van der Waals surface area contributed by atoms with Crippen LogP contribution < -0.4 is 9.62 Å². The van der Waals surface area contributed by atoms with Gasteiger partial charge in [-0.2, -0.15) is 0 Å². The van der Waals surface area contributed by atoms with Gasteiger partial charge in [0.1, 0.15) is 12.6 Å². The predicted octanol–water partition coefficient (Wildman–Crippen LogP) is 6.28. The maximum Gasteiger partial charge on any atom is 0.264 e. The van der Waals surface area contributed by atoms with Crippen molar-refractivity contribution in [1.82, 2.24) is 10.2 Å². The van der Waals surface area contributed by atoms with Gasteiger partial charge in [-0.3, -0.25) is 13.9 Å². The molecule has 0 radical (unpaired) electrons. The summed E-state index contributed by atoms with van der Waals surface area (Å²) in [4.78, 5) is 30.0. The number of benzene rings is 4. The molecule has 4 rings (SSSR count). The van der Waals surface area contributed by atoms with Crippen LogP contribution in [0.1, 0.15) is 46.7 Å². The van der Waals surface area contributed by atoms with Crippen LogP contribution in [0.5, 0.6) is 0 Å². The van der Waals surface area contributed by atoms with Crippen molar-refractivity contribution in [2.75, 3.05) is 17.4 Å². The summed E-state index contributed by atoms with van der Waals surface area (Å²) >= 11 is 0. The molecule has 2 amide bonds. The summed E-state index contributed by atoms with van der Waals surface area (Å²) in [5, 5.41) is 2.98. The minimum atomic E-state index is -4.15. The number of hydrogen-bond donors (Lipinski definition) is 1. The second-order valence-corrected chi connectivity index (χ2v) is 13.5. The normalized spacial score (nSPS) is 11.9. The van der Waals surface area contributed by atoms with Gasteiger partial charge in [0.05, 0.1) is 10.6 Å². The zero-order valence-electron chi connectivity index (χ0n) is 26.8. The Morgan fingerprint density at radius 1 is 0.756 bits per heavy atom. The summed E-state index contributed by atoms with van der Waals surface area (Å²) in [6.07, 6.45) is 1.02. The molecule has 0 aromatic heterocycles. The van der Waals surface area contributed by atoms with Crippen LogP contribution in [-0.2, 0) is 32.6 Å². The monoisotopic (exact) mass is 625 g/mol. The van der Waals surface area contributed by atoms with Crippen LogP contribution >= 0.6 is 0 Å². The molecule has 0 saturated heterocycles. The zero-order valence-corrected chi connectivity index (χ0v) is 27.6. The highest BCUT2D eigenvalue weighted by atomic mass is 32.2. The number of carbonyl (C=O) groups excluding carboxylic acids is 2. The van der Waals surface area contributed by atoms with Crippen molar-refractivity contribution in [3.63, 3.8) is 0 Å². The summed E-state index contributed by atoms with van der Waals surface area (Å²) in [5.74, 6) is -0.748. The fraction of sp³-hybridized carbons (Fsp3) is 0.297. The van der Waals surface area contributed by atoms with Gasteiger partial charge >= 0.3 is 0 Å². The third kappa shape index (κ3) is 8.60. The Morgan fingerprint density at radius 3 is 2.07 bits per heavy atom. The topological polar surface area (TPSA) is 86.8 Å². The summed E-state index contributed by atoms with van der Waals surface area (Å²) in [6.45, 7) is 9.69. The number of rotatable bonds is 13. The lowest BCUT2D eigenvalue weighted by Gasteiger charge is -2.34. The smallest absolute Gasteiger partial charge is 0.264 e. The van der Waals surface area contributed by atoms with Crippen LogP contribution in [0.25, 0.3) is 0 Å². The molecule has 0 aliphatic heterocycles. The predicted molar refractivity (Wildman–Crippen MR) is 181 cm³/mol. The molecule has 0 heterocycles. The van der Waals surface area contributed by atoms with Crippen molar-refractivity contribution in [3.05, 3.63) is 130 Å². The molecular weight excluding hydrogens is 582 g/mol. The first-order chi connectivity index (χ1) is 21.5. The van der Waals surface area contributed by atoms with Crippen LogP contribution in [-0.4, -0.2) is 44.3 Å². The van der Waals surface area contributed by atoms with Crippen LogP contribution in [0.3, 0.4) is 0 Å². The minimum Gasteiger partial charge on any atom is -0.354 e. The van der Waals surface area contributed by atoms with Gasteiger partial charge < -0.3 is 10.2 Å². The molecule has 4 aromatic rings. The van der Waals surface area contributed by atoms with Crippen molar-refractivity contribution in [2.45, 2.75) is 64.9 Å². The third-order valence-electron chi connectivity index (χ3n) is 7.78. The van der Waals surface area contributed by atoms with Gasteiger partial charge in [-0.1, -0.05) is 96.9 Å². The van der Waals surface area contributed by atoms with E-state index in [0.717, 1.165) is 39.8 Å². The first-order valence-electron chi connectivity index (χ1n) is 15.3. The first kappa shape index (κ1) is 33.5. The SMILES string of the molecule is CCCNC(=O)[C@@H](Cc1ccccc1)N(Cc1cccc(C)c1)C(=O)CN(c1cc(C)ccc1C)S(=O)(=O)c1ccc(C)cc1. The molecule has 8 heteroatoms. The van der Waals surface area contributed by atoms with Crippen molar-refractivity contribution in [3.8, 4) is 0 Å². The fourth-order valence-electron chi connectivity index (χ4n) is 5.27. The molecule has 0 saturated carbocycles. The second kappa shape index (κ2) is 15.0. The van der Waals surface area contributed by atoms with Crippen LogP contribution in [0.4, 0.5) is 5.69 Å². The lowest BCUT2D eigenvalue weighted by atomic mass is 10.0. The Kier molecular flexibility index (Phi) is 11.2. The molecule has 0 spiro atoms. The standard InChI is InChI=1S/C37H43N3O4S/c1-6-21-38-37(42)35(24-31-12-8-7-9-13-31)39(25-32-14-10-11-28(3)22-32)36(41)26-40(34-23-29(4)15-18-30(34)5)45(43,44)33-19-16-27(2)17-20-33/h7-20,22-23,35H,6,21,24-26H2,1-5H3,(H,38,42)/t35-/m1/s1.